The van der Waals surface area contributed by atoms with Crippen LogP contribution in [0.5, 0.6) is 5.75 Å². The molecule has 0 aliphatic carbocycles. The van der Waals surface area contributed by atoms with Crippen LogP contribution in [0, 0.1) is 5.82 Å². The lowest BCUT2D eigenvalue weighted by Crippen LogP contribution is -2.14. The van der Waals surface area contributed by atoms with Crippen molar-refractivity contribution in [2.24, 2.45) is 0 Å². The van der Waals surface area contributed by atoms with E-state index in [1.165, 1.54) is 24.5 Å². The van der Waals surface area contributed by atoms with E-state index in [9.17, 15) is 9.18 Å². The van der Waals surface area contributed by atoms with Crippen LogP contribution in [-0.2, 0) is 6.54 Å². The normalized spacial score (nSPS) is 10.5. The summed E-state index contributed by atoms with van der Waals surface area (Å²) in [6.45, 7) is 0.932. The van der Waals surface area contributed by atoms with E-state index >= 15 is 0 Å². The van der Waals surface area contributed by atoms with Crippen LogP contribution in [0.1, 0.15) is 10.4 Å². The lowest BCUT2D eigenvalue weighted by Gasteiger charge is -2.10. The van der Waals surface area contributed by atoms with Gasteiger partial charge in [-0.05, 0) is 24.3 Å². The summed E-state index contributed by atoms with van der Waals surface area (Å²) in [7, 11) is 0. The van der Waals surface area contributed by atoms with E-state index in [-0.39, 0.29) is 10.6 Å². The fourth-order valence-corrected chi connectivity index (χ4v) is 2.43. The van der Waals surface area contributed by atoms with E-state index in [0.717, 1.165) is 0 Å². The molecule has 25 heavy (non-hydrogen) atoms. The van der Waals surface area contributed by atoms with E-state index in [1.54, 1.807) is 35.3 Å². The quantitative estimate of drug-likeness (QED) is 0.731. The molecule has 0 aliphatic heterocycles. The minimum atomic E-state index is -0.676. The third-order valence-corrected chi connectivity index (χ3v) is 3.65. The SMILES string of the molecule is O=C(Nc1cccc(OCCn2cncn2)c1)c1c(F)cccc1Cl. The highest BCUT2D eigenvalue weighted by Gasteiger charge is 2.16. The average Bonchev–Trinajstić information content (AvgIpc) is 3.08. The molecule has 0 atom stereocenters. The Kier molecular flexibility index (Phi) is 5.25. The number of hydrogen-bond donors (Lipinski definition) is 1. The van der Waals surface area contributed by atoms with Crippen LogP contribution in [0.2, 0.25) is 5.02 Å². The molecule has 0 aliphatic rings. The summed E-state index contributed by atoms with van der Waals surface area (Å²) in [6, 6.07) is 10.9. The molecule has 6 nitrogen and oxygen atoms in total. The maximum Gasteiger partial charge on any atom is 0.260 e. The molecule has 1 aromatic heterocycles. The van der Waals surface area contributed by atoms with Crippen molar-refractivity contribution in [3.05, 3.63) is 71.5 Å². The van der Waals surface area contributed by atoms with Crippen LogP contribution in [-0.4, -0.2) is 27.3 Å². The molecule has 8 heteroatoms. The Hall–Kier alpha value is -2.93. The van der Waals surface area contributed by atoms with Gasteiger partial charge in [0.2, 0.25) is 0 Å². The lowest BCUT2D eigenvalue weighted by molar-refractivity contribution is 0.102. The van der Waals surface area contributed by atoms with Crippen LogP contribution < -0.4 is 10.1 Å². The van der Waals surface area contributed by atoms with Crippen molar-refractivity contribution in [1.29, 1.82) is 0 Å². The van der Waals surface area contributed by atoms with Gasteiger partial charge in [0.1, 0.15) is 30.8 Å². The molecule has 0 bridgehead atoms. The van der Waals surface area contributed by atoms with Gasteiger partial charge in [-0.2, -0.15) is 5.10 Å². The van der Waals surface area contributed by atoms with Crippen LogP contribution >= 0.6 is 11.6 Å². The van der Waals surface area contributed by atoms with Crippen LogP contribution in [0.4, 0.5) is 10.1 Å². The highest BCUT2D eigenvalue weighted by Crippen LogP contribution is 2.22. The predicted molar refractivity (Wildman–Crippen MR) is 91.3 cm³/mol. The van der Waals surface area contributed by atoms with Crippen molar-refractivity contribution in [2.45, 2.75) is 6.54 Å². The lowest BCUT2D eigenvalue weighted by atomic mass is 10.2. The van der Waals surface area contributed by atoms with E-state index < -0.39 is 11.7 Å². The number of carbonyl (C=O) groups excluding carboxylic acids is 1. The molecular weight excluding hydrogens is 347 g/mol. The molecule has 3 rings (SSSR count). The number of benzene rings is 2. The van der Waals surface area contributed by atoms with Crippen molar-refractivity contribution in [1.82, 2.24) is 14.8 Å². The molecule has 0 fully saturated rings. The molecule has 1 N–H and O–H groups in total. The molecule has 0 unspecified atom stereocenters. The van der Waals surface area contributed by atoms with E-state index in [1.807, 2.05) is 0 Å². The van der Waals surface area contributed by atoms with Gasteiger partial charge in [0, 0.05) is 11.8 Å². The van der Waals surface area contributed by atoms with Crippen LogP contribution in [0.3, 0.4) is 0 Å². The molecule has 0 saturated heterocycles. The van der Waals surface area contributed by atoms with Gasteiger partial charge in [-0.3, -0.25) is 4.79 Å². The van der Waals surface area contributed by atoms with Gasteiger partial charge in [0.25, 0.3) is 5.91 Å². The van der Waals surface area contributed by atoms with Crippen molar-refractivity contribution >= 4 is 23.2 Å². The number of hydrogen-bond acceptors (Lipinski definition) is 4. The van der Waals surface area contributed by atoms with Crippen LogP contribution in [0.25, 0.3) is 0 Å². The number of halogens is 2. The van der Waals surface area contributed by atoms with Gasteiger partial charge in [0.05, 0.1) is 17.1 Å². The largest absolute Gasteiger partial charge is 0.492 e. The summed E-state index contributed by atoms with van der Waals surface area (Å²) >= 11 is 5.90. The van der Waals surface area contributed by atoms with Gasteiger partial charge < -0.3 is 10.1 Å². The number of amides is 1. The zero-order valence-corrected chi connectivity index (χ0v) is 13.8. The topological polar surface area (TPSA) is 69.0 Å². The zero-order chi connectivity index (χ0) is 17.6. The first-order chi connectivity index (χ1) is 12.1. The second-order valence-corrected chi connectivity index (χ2v) is 5.49. The van der Waals surface area contributed by atoms with E-state index in [0.29, 0.717) is 24.6 Å². The van der Waals surface area contributed by atoms with E-state index in [4.69, 9.17) is 16.3 Å². The average molecular weight is 361 g/mol. The second-order valence-electron chi connectivity index (χ2n) is 5.09. The Morgan fingerprint density at radius 1 is 1.28 bits per heavy atom. The molecule has 1 amide bonds. The minimum Gasteiger partial charge on any atom is -0.492 e. The van der Waals surface area contributed by atoms with Gasteiger partial charge in [-0.1, -0.05) is 23.7 Å². The third kappa shape index (κ3) is 4.33. The summed E-state index contributed by atoms with van der Waals surface area (Å²) in [6.07, 6.45) is 3.04. The summed E-state index contributed by atoms with van der Waals surface area (Å²) in [4.78, 5) is 16.1. The Balaban J connectivity index is 1.64. The van der Waals surface area contributed by atoms with Gasteiger partial charge >= 0.3 is 0 Å². The summed E-state index contributed by atoms with van der Waals surface area (Å²) in [5.41, 5.74) is 0.282. The Morgan fingerprint density at radius 3 is 2.88 bits per heavy atom. The number of carbonyl (C=O) groups is 1. The fraction of sp³-hybridized carbons (Fsp3) is 0.118. The third-order valence-electron chi connectivity index (χ3n) is 3.34. The van der Waals surface area contributed by atoms with Crippen molar-refractivity contribution in [3.63, 3.8) is 0 Å². The zero-order valence-electron chi connectivity index (χ0n) is 13.0. The fourth-order valence-electron chi connectivity index (χ4n) is 2.18. The first kappa shape index (κ1) is 16.9. The predicted octanol–water partition coefficient (Wildman–Crippen LogP) is 3.40. The van der Waals surface area contributed by atoms with Gasteiger partial charge in [0.15, 0.2) is 0 Å². The second kappa shape index (κ2) is 7.76. The van der Waals surface area contributed by atoms with Gasteiger partial charge in [-0.15, -0.1) is 0 Å². The number of anilines is 1. The minimum absolute atomic E-state index is 0.0535. The molecule has 0 saturated carbocycles. The number of aromatic nitrogens is 3. The maximum absolute atomic E-state index is 13.8. The Morgan fingerprint density at radius 2 is 2.12 bits per heavy atom. The number of nitrogens with one attached hydrogen (secondary N) is 1. The summed E-state index contributed by atoms with van der Waals surface area (Å²) in [5.74, 6) is -0.731. The molecular formula is C17H14ClFN4O2. The van der Waals surface area contributed by atoms with Gasteiger partial charge in [-0.25, -0.2) is 14.1 Å². The monoisotopic (exact) mass is 360 g/mol. The Labute approximate surface area is 148 Å². The number of nitrogens with zero attached hydrogens (tertiary/aromatic N) is 3. The molecule has 0 radical (unpaired) electrons. The van der Waals surface area contributed by atoms with Crippen molar-refractivity contribution < 1.29 is 13.9 Å². The molecule has 3 aromatic rings. The number of rotatable bonds is 6. The molecule has 128 valence electrons. The molecule has 1 heterocycles. The van der Waals surface area contributed by atoms with Crippen molar-refractivity contribution in [3.8, 4) is 5.75 Å². The van der Waals surface area contributed by atoms with E-state index in [2.05, 4.69) is 15.4 Å². The number of ether oxygens (including phenoxy) is 1. The molecule has 2 aromatic carbocycles. The van der Waals surface area contributed by atoms with Crippen LogP contribution in [0.15, 0.2) is 55.1 Å². The first-order valence-corrected chi connectivity index (χ1v) is 7.82. The standard InChI is InChI=1S/C17H14ClFN4O2/c18-14-5-2-6-15(19)16(14)17(24)22-12-3-1-4-13(9-12)25-8-7-23-11-20-10-21-23/h1-6,9-11H,7-8H2,(H,22,24). The highest BCUT2D eigenvalue weighted by molar-refractivity contribution is 6.34. The molecule has 0 spiro atoms. The highest BCUT2D eigenvalue weighted by atomic mass is 35.5. The summed E-state index contributed by atoms with van der Waals surface area (Å²) in [5, 5.41) is 6.64. The van der Waals surface area contributed by atoms with Crippen molar-refractivity contribution in [2.75, 3.05) is 11.9 Å². The smallest absolute Gasteiger partial charge is 0.260 e. The summed E-state index contributed by atoms with van der Waals surface area (Å²) < 4.78 is 21.1. The maximum atomic E-state index is 13.8. The first-order valence-electron chi connectivity index (χ1n) is 7.44. The Bertz CT molecular complexity index is 851.